The van der Waals surface area contributed by atoms with Gasteiger partial charge in [-0.05, 0) is 56.5 Å². The van der Waals surface area contributed by atoms with Crippen LogP contribution in [0, 0.1) is 0 Å². The van der Waals surface area contributed by atoms with Gasteiger partial charge in [0.15, 0.2) is 0 Å². The Balaban J connectivity index is 1.86. The highest BCUT2D eigenvalue weighted by atomic mass is 35.5. The molecule has 1 heterocycles. The summed E-state index contributed by atoms with van der Waals surface area (Å²) in [6, 6.07) is 12.9. The summed E-state index contributed by atoms with van der Waals surface area (Å²) in [7, 11) is -3.84. The molecule has 138 valence electrons. The Labute approximate surface area is 159 Å². The second-order valence-corrected chi connectivity index (χ2v) is 8.55. The highest BCUT2D eigenvalue weighted by Crippen LogP contribution is 2.25. The minimum atomic E-state index is -3.84. The first kappa shape index (κ1) is 18.7. The third kappa shape index (κ3) is 4.02. The van der Waals surface area contributed by atoms with Crippen LogP contribution in [0.2, 0.25) is 5.02 Å². The number of nitrogens with one attached hydrogen (secondary N) is 1. The van der Waals surface area contributed by atoms with E-state index in [1.807, 2.05) is 11.8 Å². The summed E-state index contributed by atoms with van der Waals surface area (Å²) in [5.74, 6) is -0.132. The van der Waals surface area contributed by atoms with Crippen molar-refractivity contribution in [2.45, 2.75) is 37.1 Å². The SMILES string of the molecule is CC1CCCCN1C(=O)c1cccc(S(=O)(=O)Nc2ccccc2Cl)c1. The largest absolute Gasteiger partial charge is 0.336 e. The Hall–Kier alpha value is -2.05. The van der Waals surface area contributed by atoms with Crippen LogP contribution >= 0.6 is 11.6 Å². The van der Waals surface area contributed by atoms with Crippen molar-refractivity contribution in [2.75, 3.05) is 11.3 Å². The number of carbonyl (C=O) groups is 1. The number of halogens is 1. The Morgan fingerprint density at radius 3 is 2.65 bits per heavy atom. The van der Waals surface area contributed by atoms with Crippen LogP contribution in [-0.4, -0.2) is 31.8 Å². The van der Waals surface area contributed by atoms with Gasteiger partial charge in [-0.1, -0.05) is 29.8 Å². The van der Waals surface area contributed by atoms with Gasteiger partial charge >= 0.3 is 0 Å². The van der Waals surface area contributed by atoms with E-state index in [1.54, 1.807) is 36.4 Å². The summed E-state index contributed by atoms with van der Waals surface area (Å²) in [4.78, 5) is 14.6. The number of carbonyl (C=O) groups excluding carboxylic acids is 1. The van der Waals surface area contributed by atoms with Crippen molar-refractivity contribution in [1.29, 1.82) is 0 Å². The first-order chi connectivity index (χ1) is 12.4. The lowest BCUT2D eigenvalue weighted by Crippen LogP contribution is -2.42. The minimum absolute atomic E-state index is 0.0351. The number of hydrogen-bond acceptors (Lipinski definition) is 3. The highest BCUT2D eigenvalue weighted by Gasteiger charge is 2.25. The quantitative estimate of drug-likeness (QED) is 0.849. The van der Waals surface area contributed by atoms with Gasteiger partial charge in [0.25, 0.3) is 15.9 Å². The fourth-order valence-electron chi connectivity index (χ4n) is 3.11. The number of para-hydroxylation sites is 1. The van der Waals surface area contributed by atoms with E-state index in [0.717, 1.165) is 19.3 Å². The van der Waals surface area contributed by atoms with Gasteiger partial charge in [0.2, 0.25) is 0 Å². The maximum Gasteiger partial charge on any atom is 0.261 e. The third-order valence-electron chi connectivity index (χ3n) is 4.57. The third-order valence-corrected chi connectivity index (χ3v) is 6.27. The van der Waals surface area contributed by atoms with Gasteiger partial charge in [0, 0.05) is 18.2 Å². The number of likely N-dealkylation sites (tertiary alicyclic amines) is 1. The van der Waals surface area contributed by atoms with Crippen LogP contribution in [-0.2, 0) is 10.0 Å². The van der Waals surface area contributed by atoms with Crippen molar-refractivity contribution in [3.63, 3.8) is 0 Å². The summed E-state index contributed by atoms with van der Waals surface area (Å²) < 4.78 is 27.8. The van der Waals surface area contributed by atoms with E-state index in [1.165, 1.54) is 12.1 Å². The van der Waals surface area contributed by atoms with E-state index in [9.17, 15) is 13.2 Å². The van der Waals surface area contributed by atoms with Crippen LogP contribution in [0.4, 0.5) is 5.69 Å². The maximum absolute atomic E-state index is 12.8. The van der Waals surface area contributed by atoms with Crippen LogP contribution in [0.15, 0.2) is 53.4 Å². The second kappa shape index (κ2) is 7.68. The van der Waals surface area contributed by atoms with Crippen LogP contribution < -0.4 is 4.72 Å². The number of anilines is 1. The normalized spacial score (nSPS) is 17.8. The standard InChI is InChI=1S/C19H21ClN2O3S/c1-14-7-4-5-12-22(14)19(23)15-8-6-9-16(13-15)26(24,25)21-18-11-3-2-10-17(18)20/h2-3,6,8-11,13-14,21H,4-5,7,12H2,1H3. The number of nitrogens with zero attached hydrogens (tertiary/aromatic N) is 1. The topological polar surface area (TPSA) is 66.5 Å². The molecular weight excluding hydrogens is 372 g/mol. The van der Waals surface area contributed by atoms with Crippen molar-refractivity contribution < 1.29 is 13.2 Å². The lowest BCUT2D eigenvalue weighted by atomic mass is 10.0. The monoisotopic (exact) mass is 392 g/mol. The molecule has 0 spiro atoms. The molecule has 7 heteroatoms. The highest BCUT2D eigenvalue weighted by molar-refractivity contribution is 7.92. The Bertz CT molecular complexity index is 915. The van der Waals surface area contributed by atoms with Gasteiger partial charge in [-0.15, -0.1) is 0 Å². The Morgan fingerprint density at radius 2 is 1.92 bits per heavy atom. The van der Waals surface area contributed by atoms with Crippen molar-refractivity contribution >= 4 is 33.2 Å². The summed E-state index contributed by atoms with van der Waals surface area (Å²) in [6.07, 6.45) is 3.06. The number of benzene rings is 2. The molecule has 0 saturated carbocycles. The van der Waals surface area contributed by atoms with Crippen LogP contribution in [0.25, 0.3) is 0 Å². The van der Waals surface area contributed by atoms with E-state index in [0.29, 0.717) is 22.8 Å². The fourth-order valence-corrected chi connectivity index (χ4v) is 4.47. The number of sulfonamides is 1. The van der Waals surface area contributed by atoms with E-state index in [2.05, 4.69) is 4.72 Å². The summed E-state index contributed by atoms with van der Waals surface area (Å²) in [5, 5.41) is 0.311. The van der Waals surface area contributed by atoms with Crippen molar-refractivity contribution in [3.8, 4) is 0 Å². The maximum atomic E-state index is 12.8. The summed E-state index contributed by atoms with van der Waals surface area (Å²) in [6.45, 7) is 2.73. The van der Waals surface area contributed by atoms with Crippen molar-refractivity contribution in [1.82, 2.24) is 4.90 Å². The molecule has 0 radical (unpaired) electrons. The first-order valence-corrected chi connectivity index (χ1v) is 10.4. The van der Waals surface area contributed by atoms with Crippen molar-refractivity contribution in [3.05, 3.63) is 59.1 Å². The molecule has 0 bridgehead atoms. The molecule has 3 rings (SSSR count). The lowest BCUT2D eigenvalue weighted by molar-refractivity contribution is 0.0635. The average Bonchev–Trinajstić information content (AvgIpc) is 2.63. The molecule has 26 heavy (non-hydrogen) atoms. The van der Waals surface area contributed by atoms with Crippen LogP contribution in [0.3, 0.4) is 0 Å². The van der Waals surface area contributed by atoms with Gasteiger partial charge in [0.1, 0.15) is 0 Å². The molecule has 1 N–H and O–H groups in total. The molecule has 1 aliphatic heterocycles. The molecule has 1 atom stereocenters. The molecular formula is C19H21ClN2O3S. The Morgan fingerprint density at radius 1 is 1.15 bits per heavy atom. The van der Waals surface area contributed by atoms with E-state index in [4.69, 9.17) is 11.6 Å². The smallest absolute Gasteiger partial charge is 0.261 e. The van der Waals surface area contributed by atoms with E-state index >= 15 is 0 Å². The predicted octanol–water partition coefficient (Wildman–Crippen LogP) is 4.16. The number of amides is 1. The molecule has 1 unspecified atom stereocenters. The van der Waals surface area contributed by atoms with E-state index < -0.39 is 10.0 Å². The number of piperidine rings is 1. The molecule has 1 fully saturated rings. The zero-order valence-corrected chi connectivity index (χ0v) is 16.1. The van der Waals surface area contributed by atoms with Crippen LogP contribution in [0.5, 0.6) is 0 Å². The zero-order chi connectivity index (χ0) is 18.7. The summed E-state index contributed by atoms with van der Waals surface area (Å²) in [5.41, 5.74) is 0.677. The molecule has 0 aromatic heterocycles. The van der Waals surface area contributed by atoms with Crippen molar-refractivity contribution in [2.24, 2.45) is 0 Å². The molecule has 0 aliphatic carbocycles. The molecule has 1 amide bonds. The fraction of sp³-hybridized carbons (Fsp3) is 0.316. The van der Waals surface area contributed by atoms with Gasteiger partial charge in [-0.3, -0.25) is 9.52 Å². The van der Waals surface area contributed by atoms with Crippen LogP contribution in [0.1, 0.15) is 36.5 Å². The molecule has 1 aliphatic rings. The van der Waals surface area contributed by atoms with Gasteiger partial charge in [-0.2, -0.15) is 0 Å². The molecule has 5 nitrogen and oxygen atoms in total. The summed E-state index contributed by atoms with van der Waals surface area (Å²) >= 11 is 6.03. The second-order valence-electron chi connectivity index (χ2n) is 6.46. The lowest BCUT2D eigenvalue weighted by Gasteiger charge is -2.33. The molecule has 2 aromatic carbocycles. The van der Waals surface area contributed by atoms with E-state index in [-0.39, 0.29) is 16.8 Å². The zero-order valence-electron chi connectivity index (χ0n) is 14.5. The number of rotatable bonds is 4. The average molecular weight is 393 g/mol. The molecule has 2 aromatic rings. The first-order valence-electron chi connectivity index (χ1n) is 8.57. The van der Waals surface area contributed by atoms with Gasteiger partial charge in [0.05, 0.1) is 15.6 Å². The Kier molecular flexibility index (Phi) is 5.53. The van der Waals surface area contributed by atoms with Gasteiger partial charge < -0.3 is 4.90 Å². The minimum Gasteiger partial charge on any atom is -0.336 e. The predicted molar refractivity (Wildman–Crippen MR) is 103 cm³/mol. The molecule has 1 saturated heterocycles. The number of hydrogen-bond donors (Lipinski definition) is 1. The van der Waals surface area contributed by atoms with Gasteiger partial charge in [-0.25, -0.2) is 8.42 Å².